The van der Waals surface area contributed by atoms with E-state index in [-0.39, 0.29) is 0 Å². The van der Waals surface area contributed by atoms with Gasteiger partial charge in [-0.1, -0.05) is 23.8 Å². The van der Waals surface area contributed by atoms with E-state index in [0.29, 0.717) is 5.75 Å². The van der Waals surface area contributed by atoms with Gasteiger partial charge in [-0.05, 0) is 62.6 Å². The Morgan fingerprint density at radius 3 is 2.21 bits per heavy atom. The highest BCUT2D eigenvalue weighted by Crippen LogP contribution is 2.21. The Hall–Kier alpha value is -1.61. The van der Waals surface area contributed by atoms with Crippen LogP contribution in [-0.4, -0.2) is 4.21 Å². The fourth-order valence-corrected chi connectivity index (χ4v) is 2.75. The summed E-state index contributed by atoms with van der Waals surface area (Å²) in [6.07, 6.45) is 0. The number of hydrogen-bond acceptors (Lipinski definition) is 2. The third kappa shape index (κ3) is 3.24. The first-order chi connectivity index (χ1) is 8.97. The van der Waals surface area contributed by atoms with Crippen molar-refractivity contribution < 1.29 is 8.39 Å². The molecule has 0 aliphatic heterocycles. The highest BCUT2D eigenvalue weighted by atomic mass is 32.2. The second kappa shape index (κ2) is 5.57. The standard InChI is InChI=1S/C16H18O2S/c1-11-5-8-16(14(4)9-11)19(17)18-15-7-6-12(2)13(3)10-15/h5-10H,1-4H3. The van der Waals surface area contributed by atoms with Crippen molar-refractivity contribution in [3.63, 3.8) is 0 Å². The van der Waals surface area contributed by atoms with Crippen LogP contribution in [0.1, 0.15) is 22.3 Å². The number of benzene rings is 2. The Bertz CT molecular complexity index is 633. The van der Waals surface area contributed by atoms with Crippen LogP contribution in [0.15, 0.2) is 41.3 Å². The molecule has 3 heteroatoms. The van der Waals surface area contributed by atoms with Gasteiger partial charge in [0.2, 0.25) is 11.1 Å². The lowest BCUT2D eigenvalue weighted by Crippen LogP contribution is -2.03. The van der Waals surface area contributed by atoms with Crippen LogP contribution < -0.4 is 4.18 Å². The Morgan fingerprint density at radius 1 is 0.842 bits per heavy atom. The number of aryl methyl sites for hydroxylation is 4. The summed E-state index contributed by atoms with van der Waals surface area (Å²) in [5, 5.41) is 0. The van der Waals surface area contributed by atoms with E-state index in [9.17, 15) is 4.21 Å². The lowest BCUT2D eigenvalue weighted by atomic mass is 10.1. The largest absolute Gasteiger partial charge is 0.397 e. The monoisotopic (exact) mass is 274 g/mol. The molecule has 0 aliphatic rings. The molecule has 19 heavy (non-hydrogen) atoms. The van der Waals surface area contributed by atoms with Crippen molar-refractivity contribution in [1.29, 1.82) is 0 Å². The highest BCUT2D eigenvalue weighted by Gasteiger charge is 2.10. The maximum atomic E-state index is 12.2. The maximum absolute atomic E-state index is 12.2. The normalized spacial score (nSPS) is 12.2. The molecule has 0 spiro atoms. The summed E-state index contributed by atoms with van der Waals surface area (Å²) in [4.78, 5) is 0.726. The molecule has 0 aromatic heterocycles. The van der Waals surface area contributed by atoms with Gasteiger partial charge in [0, 0.05) is 0 Å². The van der Waals surface area contributed by atoms with Gasteiger partial charge in [0.15, 0.2) is 0 Å². The first kappa shape index (κ1) is 13.8. The zero-order valence-electron chi connectivity index (χ0n) is 11.7. The Labute approximate surface area is 117 Å². The molecule has 2 nitrogen and oxygen atoms in total. The van der Waals surface area contributed by atoms with Crippen LogP contribution in [0.3, 0.4) is 0 Å². The van der Waals surface area contributed by atoms with Crippen LogP contribution in [0.4, 0.5) is 0 Å². The van der Waals surface area contributed by atoms with Gasteiger partial charge in [-0.25, -0.2) is 4.21 Å². The van der Waals surface area contributed by atoms with Crippen molar-refractivity contribution in [3.05, 3.63) is 58.7 Å². The van der Waals surface area contributed by atoms with E-state index >= 15 is 0 Å². The smallest absolute Gasteiger partial charge is 0.240 e. The quantitative estimate of drug-likeness (QED) is 0.845. The van der Waals surface area contributed by atoms with E-state index in [1.807, 2.05) is 64.1 Å². The van der Waals surface area contributed by atoms with Crippen LogP contribution in [0.2, 0.25) is 0 Å². The molecule has 1 atom stereocenters. The molecule has 0 saturated heterocycles. The molecule has 0 saturated carbocycles. The van der Waals surface area contributed by atoms with Gasteiger partial charge >= 0.3 is 0 Å². The second-order valence-corrected chi connectivity index (χ2v) is 5.91. The van der Waals surface area contributed by atoms with Gasteiger partial charge in [0.05, 0.1) is 4.90 Å². The molecule has 0 N–H and O–H groups in total. The zero-order valence-corrected chi connectivity index (χ0v) is 12.5. The zero-order chi connectivity index (χ0) is 14.0. The summed E-state index contributed by atoms with van der Waals surface area (Å²) < 4.78 is 17.8. The molecule has 0 fully saturated rings. The third-order valence-corrected chi connectivity index (χ3v) is 4.32. The summed E-state index contributed by atoms with van der Waals surface area (Å²) in [5.41, 5.74) is 4.48. The van der Waals surface area contributed by atoms with Crippen LogP contribution in [-0.2, 0) is 11.1 Å². The van der Waals surface area contributed by atoms with Crippen molar-refractivity contribution in [2.75, 3.05) is 0 Å². The van der Waals surface area contributed by atoms with Gasteiger partial charge in [-0.3, -0.25) is 0 Å². The molecule has 0 amide bonds. The van der Waals surface area contributed by atoms with E-state index in [4.69, 9.17) is 4.18 Å². The Balaban J connectivity index is 2.23. The molecular formula is C16H18O2S. The van der Waals surface area contributed by atoms with Gasteiger partial charge < -0.3 is 4.18 Å². The van der Waals surface area contributed by atoms with Crippen molar-refractivity contribution in [2.24, 2.45) is 0 Å². The minimum Gasteiger partial charge on any atom is -0.397 e. The lowest BCUT2D eigenvalue weighted by molar-refractivity contribution is 0.561. The molecule has 0 heterocycles. The van der Waals surface area contributed by atoms with Gasteiger partial charge in [-0.15, -0.1) is 0 Å². The maximum Gasteiger partial charge on any atom is 0.240 e. The molecule has 0 radical (unpaired) electrons. The van der Waals surface area contributed by atoms with E-state index in [1.54, 1.807) is 0 Å². The van der Waals surface area contributed by atoms with Crippen molar-refractivity contribution in [2.45, 2.75) is 32.6 Å². The van der Waals surface area contributed by atoms with Gasteiger partial charge in [-0.2, -0.15) is 0 Å². The summed E-state index contributed by atoms with van der Waals surface area (Å²) in [6.45, 7) is 8.02. The Kier molecular flexibility index (Phi) is 4.05. The fourth-order valence-electron chi connectivity index (χ4n) is 1.88. The minimum atomic E-state index is -1.47. The molecule has 1 unspecified atom stereocenters. The molecule has 2 rings (SSSR count). The van der Waals surface area contributed by atoms with Gasteiger partial charge in [0.25, 0.3) is 0 Å². The molecule has 2 aromatic carbocycles. The average molecular weight is 274 g/mol. The minimum absolute atomic E-state index is 0.640. The highest BCUT2D eigenvalue weighted by molar-refractivity contribution is 7.80. The molecular weight excluding hydrogens is 256 g/mol. The molecule has 2 aromatic rings. The number of rotatable bonds is 3. The first-order valence-corrected chi connectivity index (χ1v) is 7.29. The summed E-state index contributed by atoms with van der Waals surface area (Å²) in [5.74, 6) is 0.640. The predicted octanol–water partition coefficient (Wildman–Crippen LogP) is 4.02. The number of hydrogen-bond donors (Lipinski definition) is 0. The summed E-state index contributed by atoms with van der Waals surface area (Å²) in [7, 11) is 0. The topological polar surface area (TPSA) is 26.3 Å². The van der Waals surface area contributed by atoms with Gasteiger partial charge in [0.1, 0.15) is 5.75 Å². The predicted molar refractivity (Wildman–Crippen MR) is 78.9 cm³/mol. The molecule has 0 aliphatic carbocycles. The summed E-state index contributed by atoms with van der Waals surface area (Å²) >= 11 is -1.47. The molecule has 100 valence electrons. The van der Waals surface area contributed by atoms with Crippen molar-refractivity contribution in [1.82, 2.24) is 0 Å². The van der Waals surface area contributed by atoms with Crippen molar-refractivity contribution in [3.8, 4) is 5.75 Å². The fraction of sp³-hybridized carbons (Fsp3) is 0.250. The average Bonchev–Trinajstić information content (AvgIpc) is 2.33. The van der Waals surface area contributed by atoms with E-state index in [2.05, 4.69) is 0 Å². The third-order valence-electron chi connectivity index (χ3n) is 3.16. The SMILES string of the molecule is Cc1ccc(S(=O)Oc2ccc(C)c(C)c2)c(C)c1. The van der Waals surface area contributed by atoms with Crippen LogP contribution in [0, 0.1) is 27.7 Å². The summed E-state index contributed by atoms with van der Waals surface area (Å²) in [6, 6.07) is 11.6. The van der Waals surface area contributed by atoms with E-state index in [1.165, 1.54) is 5.56 Å². The second-order valence-electron chi connectivity index (χ2n) is 4.83. The molecule has 0 bridgehead atoms. The van der Waals surface area contributed by atoms with Crippen LogP contribution in [0.25, 0.3) is 0 Å². The van der Waals surface area contributed by atoms with Crippen LogP contribution in [0.5, 0.6) is 5.75 Å². The van der Waals surface area contributed by atoms with E-state index < -0.39 is 11.1 Å². The first-order valence-electron chi connectivity index (χ1n) is 6.22. The van der Waals surface area contributed by atoms with E-state index in [0.717, 1.165) is 21.6 Å². The van der Waals surface area contributed by atoms with Crippen LogP contribution >= 0.6 is 0 Å². The van der Waals surface area contributed by atoms with Crippen molar-refractivity contribution >= 4 is 11.1 Å². The Morgan fingerprint density at radius 2 is 1.58 bits per heavy atom. The lowest BCUT2D eigenvalue weighted by Gasteiger charge is -2.09.